The van der Waals surface area contributed by atoms with Gasteiger partial charge in [0.1, 0.15) is 12.4 Å². The summed E-state index contributed by atoms with van der Waals surface area (Å²) in [5.74, 6) is -0.845. The molecule has 0 bridgehead atoms. The molecule has 0 saturated heterocycles. The second kappa shape index (κ2) is 8.93. The number of aryl methyl sites for hydroxylation is 1. The lowest BCUT2D eigenvalue weighted by atomic mass is 10.0. The summed E-state index contributed by atoms with van der Waals surface area (Å²) >= 11 is 0. The normalized spacial score (nSPS) is 11.5. The fourth-order valence-corrected chi connectivity index (χ4v) is 3.34. The average Bonchev–Trinajstić information content (AvgIpc) is 2.80. The molecule has 1 amide bonds. The van der Waals surface area contributed by atoms with Gasteiger partial charge in [-0.05, 0) is 37.6 Å². The van der Waals surface area contributed by atoms with Crippen LogP contribution in [0.5, 0.6) is 0 Å². The topological polar surface area (TPSA) is 76.3 Å². The Balaban J connectivity index is 1.64. The minimum atomic E-state index is -0.494. The molecule has 0 fully saturated rings. The number of halogens is 1. The molecule has 0 aliphatic rings. The standard InChI is InChI=1S/C25H21FN4O2/c1-16-7-9-19(10-8-16)24-21-5-3-4-6-22(21)25(32)30(29-24)15-23(31)28-27-17(2)18-11-13-20(26)14-12-18/h3-14H,15H2,1-2H3,(H,28,31)/b27-17+. The van der Waals surface area contributed by atoms with Crippen molar-refractivity contribution in [2.75, 3.05) is 0 Å². The van der Waals surface area contributed by atoms with Crippen LogP contribution in [0.4, 0.5) is 4.39 Å². The maximum absolute atomic E-state index is 13.1. The molecular weight excluding hydrogens is 407 g/mol. The zero-order valence-electron chi connectivity index (χ0n) is 17.7. The van der Waals surface area contributed by atoms with Gasteiger partial charge in [-0.25, -0.2) is 14.5 Å². The number of hydrazone groups is 1. The van der Waals surface area contributed by atoms with E-state index in [1.807, 2.05) is 43.3 Å². The summed E-state index contributed by atoms with van der Waals surface area (Å²) in [6, 6.07) is 20.8. The molecule has 4 aromatic rings. The van der Waals surface area contributed by atoms with E-state index in [1.165, 1.54) is 12.1 Å². The Hall–Kier alpha value is -4.13. The third-order valence-corrected chi connectivity index (χ3v) is 5.10. The molecule has 160 valence electrons. The zero-order valence-corrected chi connectivity index (χ0v) is 17.7. The molecule has 1 aromatic heterocycles. The molecule has 7 heteroatoms. The molecule has 0 unspecified atom stereocenters. The van der Waals surface area contributed by atoms with Crippen molar-refractivity contribution in [2.45, 2.75) is 20.4 Å². The highest BCUT2D eigenvalue weighted by Crippen LogP contribution is 2.24. The van der Waals surface area contributed by atoms with Gasteiger partial charge in [-0.2, -0.15) is 10.2 Å². The van der Waals surface area contributed by atoms with Gasteiger partial charge >= 0.3 is 0 Å². The van der Waals surface area contributed by atoms with Crippen molar-refractivity contribution in [1.29, 1.82) is 0 Å². The van der Waals surface area contributed by atoms with Crippen LogP contribution in [0, 0.1) is 12.7 Å². The second-order valence-corrected chi connectivity index (χ2v) is 7.46. The number of hydrogen-bond acceptors (Lipinski definition) is 4. The van der Waals surface area contributed by atoms with Crippen molar-refractivity contribution >= 4 is 22.4 Å². The molecule has 32 heavy (non-hydrogen) atoms. The number of carbonyl (C=O) groups is 1. The van der Waals surface area contributed by atoms with Crippen LogP contribution in [0.15, 0.2) is 82.7 Å². The number of benzene rings is 3. The van der Waals surface area contributed by atoms with Crippen molar-refractivity contribution in [2.24, 2.45) is 5.10 Å². The first-order chi connectivity index (χ1) is 15.4. The van der Waals surface area contributed by atoms with E-state index in [9.17, 15) is 14.0 Å². The van der Waals surface area contributed by atoms with Gasteiger partial charge in [0.2, 0.25) is 0 Å². The maximum Gasteiger partial charge on any atom is 0.275 e. The van der Waals surface area contributed by atoms with E-state index in [0.717, 1.165) is 21.2 Å². The predicted octanol–water partition coefficient (Wildman–Crippen LogP) is 4.05. The van der Waals surface area contributed by atoms with E-state index in [-0.39, 0.29) is 17.9 Å². The van der Waals surface area contributed by atoms with E-state index < -0.39 is 5.91 Å². The minimum absolute atomic E-state index is 0.289. The fraction of sp³-hybridized carbons (Fsp3) is 0.120. The molecule has 0 aliphatic carbocycles. The SMILES string of the molecule is C/C(=N\NC(=O)Cn1nc(-c2ccc(C)cc2)c2ccccc2c1=O)c1ccc(F)cc1. The predicted molar refractivity (Wildman–Crippen MR) is 123 cm³/mol. The Morgan fingerprint density at radius 2 is 1.66 bits per heavy atom. The van der Waals surface area contributed by atoms with Crippen LogP contribution in [0.25, 0.3) is 22.0 Å². The van der Waals surface area contributed by atoms with Crippen LogP contribution in [0.2, 0.25) is 0 Å². The molecule has 1 heterocycles. The summed E-state index contributed by atoms with van der Waals surface area (Å²) in [6.07, 6.45) is 0. The minimum Gasteiger partial charge on any atom is -0.271 e. The molecule has 0 aliphatic heterocycles. The number of amides is 1. The fourth-order valence-electron chi connectivity index (χ4n) is 3.34. The first-order valence-electron chi connectivity index (χ1n) is 10.1. The third kappa shape index (κ3) is 4.46. The summed E-state index contributed by atoms with van der Waals surface area (Å²) in [5, 5.41) is 9.75. The zero-order chi connectivity index (χ0) is 22.7. The Morgan fingerprint density at radius 1 is 1.00 bits per heavy atom. The van der Waals surface area contributed by atoms with Crippen LogP contribution >= 0.6 is 0 Å². The second-order valence-electron chi connectivity index (χ2n) is 7.46. The summed E-state index contributed by atoms with van der Waals surface area (Å²) in [5.41, 5.74) is 5.86. The molecule has 4 rings (SSSR count). The van der Waals surface area contributed by atoms with Gasteiger partial charge in [-0.15, -0.1) is 0 Å². The summed E-state index contributed by atoms with van der Waals surface area (Å²) in [6.45, 7) is 3.40. The molecule has 0 radical (unpaired) electrons. The highest BCUT2D eigenvalue weighted by molar-refractivity contribution is 5.99. The van der Waals surface area contributed by atoms with Gasteiger partial charge in [0, 0.05) is 10.9 Å². The average molecular weight is 428 g/mol. The van der Waals surface area contributed by atoms with Crippen molar-refractivity contribution < 1.29 is 9.18 Å². The number of nitrogens with one attached hydrogen (secondary N) is 1. The Labute approximate surface area is 184 Å². The summed E-state index contributed by atoms with van der Waals surface area (Å²) < 4.78 is 14.2. The van der Waals surface area contributed by atoms with E-state index in [2.05, 4.69) is 15.6 Å². The molecule has 6 nitrogen and oxygen atoms in total. The first kappa shape index (κ1) is 21.1. The number of rotatable bonds is 5. The number of aromatic nitrogens is 2. The highest BCUT2D eigenvalue weighted by Gasteiger charge is 2.14. The number of carbonyl (C=O) groups excluding carboxylic acids is 1. The van der Waals surface area contributed by atoms with Crippen molar-refractivity contribution in [3.05, 3.63) is 100 Å². The maximum atomic E-state index is 13.1. The van der Waals surface area contributed by atoms with Crippen molar-refractivity contribution in [3.63, 3.8) is 0 Å². The molecular formula is C25H21FN4O2. The Morgan fingerprint density at radius 3 is 2.34 bits per heavy atom. The van der Waals surface area contributed by atoms with Gasteiger partial charge in [0.25, 0.3) is 11.5 Å². The third-order valence-electron chi connectivity index (χ3n) is 5.10. The lowest BCUT2D eigenvalue weighted by Gasteiger charge is -2.11. The Bertz CT molecular complexity index is 1370. The number of fused-ring (bicyclic) bond motifs is 1. The van der Waals surface area contributed by atoms with Crippen LogP contribution in [0.3, 0.4) is 0 Å². The number of hydrogen-bond donors (Lipinski definition) is 1. The van der Waals surface area contributed by atoms with Gasteiger partial charge in [0.05, 0.1) is 16.8 Å². The molecule has 3 aromatic carbocycles. The van der Waals surface area contributed by atoms with E-state index >= 15 is 0 Å². The smallest absolute Gasteiger partial charge is 0.271 e. The lowest BCUT2D eigenvalue weighted by molar-refractivity contribution is -0.121. The van der Waals surface area contributed by atoms with Gasteiger partial charge in [-0.1, -0.05) is 60.2 Å². The first-order valence-corrected chi connectivity index (χ1v) is 10.1. The summed E-state index contributed by atoms with van der Waals surface area (Å²) in [4.78, 5) is 25.4. The highest BCUT2D eigenvalue weighted by atomic mass is 19.1. The van der Waals surface area contributed by atoms with Gasteiger partial charge in [0.15, 0.2) is 0 Å². The van der Waals surface area contributed by atoms with Crippen molar-refractivity contribution in [1.82, 2.24) is 15.2 Å². The molecule has 0 spiro atoms. The molecule has 0 atom stereocenters. The van der Waals surface area contributed by atoms with Gasteiger partial charge in [-0.3, -0.25) is 9.59 Å². The van der Waals surface area contributed by atoms with E-state index in [0.29, 0.717) is 22.4 Å². The summed E-state index contributed by atoms with van der Waals surface area (Å²) in [7, 11) is 0. The number of nitrogens with zero attached hydrogens (tertiary/aromatic N) is 3. The monoisotopic (exact) mass is 428 g/mol. The van der Waals surface area contributed by atoms with Crippen LogP contribution in [-0.4, -0.2) is 21.4 Å². The van der Waals surface area contributed by atoms with Crippen LogP contribution < -0.4 is 11.0 Å². The lowest BCUT2D eigenvalue weighted by Crippen LogP contribution is -2.32. The molecule has 1 N–H and O–H groups in total. The Kier molecular flexibility index (Phi) is 5.89. The van der Waals surface area contributed by atoms with Crippen LogP contribution in [-0.2, 0) is 11.3 Å². The molecule has 0 saturated carbocycles. The van der Waals surface area contributed by atoms with E-state index in [1.54, 1.807) is 31.2 Å². The van der Waals surface area contributed by atoms with E-state index in [4.69, 9.17) is 0 Å². The quantitative estimate of drug-likeness (QED) is 0.385. The van der Waals surface area contributed by atoms with Crippen LogP contribution in [0.1, 0.15) is 18.1 Å². The van der Waals surface area contributed by atoms with Crippen molar-refractivity contribution in [3.8, 4) is 11.3 Å². The van der Waals surface area contributed by atoms with Gasteiger partial charge < -0.3 is 0 Å². The largest absolute Gasteiger partial charge is 0.275 e.